The monoisotopic (exact) mass is 509 g/mol. The molecule has 0 bridgehead atoms. The number of nitrogens with zero attached hydrogens (tertiary/aromatic N) is 3. The van der Waals surface area contributed by atoms with E-state index in [2.05, 4.69) is 4.98 Å². The highest BCUT2D eigenvalue weighted by atomic mass is 32.2. The highest BCUT2D eigenvalue weighted by Crippen LogP contribution is 2.34. The third-order valence-corrected chi connectivity index (χ3v) is 7.12. The maximum Gasteiger partial charge on any atom is 0.337 e. The molecule has 1 N–H and O–H groups in total. The van der Waals surface area contributed by atoms with Crippen LogP contribution in [-0.4, -0.2) is 56.5 Å². The number of aromatic carboxylic acids is 1. The summed E-state index contributed by atoms with van der Waals surface area (Å²) in [5, 5.41) is 10.1. The number of carboxylic acids is 1. The first-order valence-electron chi connectivity index (χ1n) is 10.9. The Hall–Kier alpha value is -4.18. The lowest BCUT2D eigenvalue weighted by Gasteiger charge is -2.28. The molecule has 0 atom stereocenters. The van der Waals surface area contributed by atoms with E-state index in [1.54, 1.807) is 45.4 Å². The predicted molar refractivity (Wildman–Crippen MR) is 136 cm³/mol. The van der Waals surface area contributed by atoms with Crippen LogP contribution in [0.15, 0.2) is 71.9 Å². The molecule has 3 aromatic rings. The number of hydrogen-bond donors (Lipinski definition) is 1. The number of likely N-dealkylation sites (N-methyl/N-ethyl adjacent to an activating group) is 1. The number of hydrogen-bond acceptors (Lipinski definition) is 6. The van der Waals surface area contributed by atoms with Crippen LogP contribution in [-0.2, 0) is 21.4 Å². The van der Waals surface area contributed by atoms with Gasteiger partial charge in [0.05, 0.1) is 29.8 Å². The quantitative estimate of drug-likeness (QED) is 0.438. The summed E-state index contributed by atoms with van der Waals surface area (Å²) < 4.78 is 33.9. The van der Waals surface area contributed by atoms with Crippen molar-refractivity contribution in [3.63, 3.8) is 0 Å². The zero-order chi connectivity index (χ0) is 26.5. The van der Waals surface area contributed by atoms with Crippen molar-refractivity contribution in [3.8, 4) is 5.75 Å². The van der Waals surface area contributed by atoms with Gasteiger partial charge in [0, 0.05) is 32.6 Å². The van der Waals surface area contributed by atoms with Crippen LogP contribution in [0.5, 0.6) is 5.75 Å². The first-order chi connectivity index (χ1) is 17.0. The third-order valence-electron chi connectivity index (χ3n) is 5.36. The summed E-state index contributed by atoms with van der Waals surface area (Å²) in [5.41, 5.74) is 1.25. The van der Waals surface area contributed by atoms with Gasteiger partial charge in [0.2, 0.25) is 5.91 Å². The number of aromatic nitrogens is 1. The van der Waals surface area contributed by atoms with Gasteiger partial charge in [0.15, 0.2) is 0 Å². The maximum atomic E-state index is 13.8. The van der Waals surface area contributed by atoms with E-state index in [0.29, 0.717) is 22.4 Å². The van der Waals surface area contributed by atoms with Gasteiger partial charge in [-0.15, -0.1) is 0 Å². The zero-order valence-corrected chi connectivity index (χ0v) is 21.2. The van der Waals surface area contributed by atoms with Crippen molar-refractivity contribution < 1.29 is 27.9 Å². The summed E-state index contributed by atoms with van der Waals surface area (Å²) in [6.45, 7) is 1.49. The van der Waals surface area contributed by atoms with E-state index in [9.17, 15) is 23.1 Å². The lowest BCUT2D eigenvalue weighted by molar-refractivity contribution is -0.123. The van der Waals surface area contributed by atoms with Crippen LogP contribution in [0.4, 0.5) is 5.69 Å². The normalized spacial score (nSPS) is 11.3. The number of carbonyl (C=O) groups is 2. The minimum absolute atomic E-state index is 0.0246. The van der Waals surface area contributed by atoms with Gasteiger partial charge in [-0.2, -0.15) is 0 Å². The number of rotatable bonds is 9. The molecule has 0 unspecified atom stereocenters. The van der Waals surface area contributed by atoms with E-state index in [1.807, 2.05) is 0 Å². The predicted octanol–water partition coefficient (Wildman–Crippen LogP) is 3.59. The molecule has 0 aliphatic heterocycles. The Morgan fingerprint density at radius 2 is 1.81 bits per heavy atom. The molecule has 1 amide bonds. The second-order valence-electron chi connectivity index (χ2n) is 8.15. The molecule has 0 aliphatic carbocycles. The average Bonchev–Trinajstić information content (AvgIpc) is 2.86. The van der Waals surface area contributed by atoms with E-state index in [4.69, 9.17) is 4.74 Å². The first kappa shape index (κ1) is 26.4. The molecule has 10 heteroatoms. The van der Waals surface area contributed by atoms with E-state index in [-0.39, 0.29) is 28.6 Å². The van der Waals surface area contributed by atoms with E-state index >= 15 is 0 Å². The standard InChI is InChI=1S/C26H27N3O6S/c1-18-14-19(7-12-24(30)28(2)3)15-23(26(31)32)25(18)29(17-20-6-5-13-27-16-20)36(33,34)22-10-8-21(35-4)9-11-22/h5-16H,17H2,1-4H3,(H,31,32). The number of ether oxygens (including phenoxy) is 1. The van der Waals surface area contributed by atoms with Gasteiger partial charge in [0.1, 0.15) is 5.75 Å². The van der Waals surface area contributed by atoms with E-state index in [1.165, 1.54) is 60.7 Å². The first-order valence-corrected chi connectivity index (χ1v) is 12.3. The molecular weight excluding hydrogens is 482 g/mol. The fraction of sp³-hybridized carbons (Fsp3) is 0.192. The molecule has 0 spiro atoms. The molecule has 2 aromatic carbocycles. The highest BCUT2D eigenvalue weighted by molar-refractivity contribution is 7.92. The molecule has 0 fully saturated rings. The van der Waals surface area contributed by atoms with Crippen molar-refractivity contribution in [2.24, 2.45) is 0 Å². The van der Waals surface area contributed by atoms with E-state index in [0.717, 1.165) is 4.31 Å². The Balaban J connectivity index is 2.20. The maximum absolute atomic E-state index is 13.8. The molecule has 0 aliphatic rings. The van der Waals surface area contributed by atoms with Crippen molar-refractivity contribution in [1.29, 1.82) is 0 Å². The Morgan fingerprint density at radius 1 is 1.11 bits per heavy atom. The SMILES string of the molecule is COc1ccc(S(=O)(=O)N(Cc2cccnc2)c2c(C)cc(C=CC(=O)N(C)C)cc2C(=O)O)cc1. The minimum Gasteiger partial charge on any atom is -0.497 e. The summed E-state index contributed by atoms with van der Waals surface area (Å²) in [7, 11) is 0.480. The molecule has 3 rings (SSSR count). The van der Waals surface area contributed by atoms with Crippen molar-refractivity contribution in [1.82, 2.24) is 9.88 Å². The summed E-state index contributed by atoms with van der Waals surface area (Å²) >= 11 is 0. The second-order valence-corrected chi connectivity index (χ2v) is 10.0. The Labute approximate surface area is 210 Å². The summed E-state index contributed by atoms with van der Waals surface area (Å²) in [6.07, 6.45) is 5.91. The van der Waals surface area contributed by atoms with Crippen molar-refractivity contribution >= 4 is 33.7 Å². The van der Waals surface area contributed by atoms with E-state index < -0.39 is 16.0 Å². The molecule has 0 saturated carbocycles. The van der Waals surface area contributed by atoms with Crippen LogP contribution in [0.3, 0.4) is 0 Å². The smallest absolute Gasteiger partial charge is 0.337 e. The topological polar surface area (TPSA) is 117 Å². The van der Waals surface area contributed by atoms with Crippen molar-refractivity contribution in [2.45, 2.75) is 18.4 Å². The van der Waals surface area contributed by atoms with Crippen LogP contribution in [0.1, 0.15) is 27.0 Å². The number of carboxylic acid groups (broad SMARTS) is 1. The molecule has 1 aromatic heterocycles. The fourth-order valence-corrected chi connectivity index (χ4v) is 5.07. The second kappa shape index (κ2) is 11.0. The van der Waals surface area contributed by atoms with Crippen LogP contribution >= 0.6 is 0 Å². The van der Waals surface area contributed by atoms with Gasteiger partial charge in [-0.3, -0.25) is 14.1 Å². The molecule has 1 heterocycles. The summed E-state index contributed by atoms with van der Waals surface area (Å²) in [4.78, 5) is 29.7. The number of methoxy groups -OCH3 is 1. The van der Waals surface area contributed by atoms with Crippen LogP contribution in [0.25, 0.3) is 6.08 Å². The summed E-state index contributed by atoms with van der Waals surface area (Å²) in [6, 6.07) is 12.2. The van der Waals surface area contributed by atoms with Crippen molar-refractivity contribution in [2.75, 3.05) is 25.5 Å². The Kier molecular flexibility index (Phi) is 8.11. The average molecular weight is 510 g/mol. The lowest BCUT2D eigenvalue weighted by Crippen LogP contribution is -2.32. The number of pyridine rings is 1. The zero-order valence-electron chi connectivity index (χ0n) is 20.4. The van der Waals surface area contributed by atoms with Crippen LogP contribution in [0, 0.1) is 6.92 Å². The number of benzene rings is 2. The van der Waals surface area contributed by atoms with Gasteiger partial charge >= 0.3 is 5.97 Å². The van der Waals surface area contributed by atoms with Crippen LogP contribution in [0.2, 0.25) is 0 Å². The largest absolute Gasteiger partial charge is 0.497 e. The van der Waals surface area contributed by atoms with Gasteiger partial charge < -0.3 is 14.7 Å². The number of anilines is 1. The molecule has 0 radical (unpaired) electrons. The van der Waals surface area contributed by atoms with Gasteiger partial charge in [-0.05, 0) is 72.2 Å². The number of carbonyl (C=O) groups excluding carboxylic acids is 1. The Morgan fingerprint density at radius 3 is 2.36 bits per heavy atom. The molecule has 36 heavy (non-hydrogen) atoms. The fourth-order valence-electron chi connectivity index (χ4n) is 3.53. The minimum atomic E-state index is -4.20. The number of sulfonamides is 1. The lowest BCUT2D eigenvalue weighted by atomic mass is 10.0. The number of amides is 1. The van der Waals surface area contributed by atoms with Crippen molar-refractivity contribution in [3.05, 3.63) is 89.3 Å². The summed E-state index contributed by atoms with van der Waals surface area (Å²) in [5.74, 6) is -1.09. The van der Waals surface area contributed by atoms with Gasteiger partial charge in [0.25, 0.3) is 10.0 Å². The number of aryl methyl sites for hydroxylation is 1. The molecule has 0 saturated heterocycles. The van der Waals surface area contributed by atoms with Gasteiger partial charge in [-0.1, -0.05) is 6.07 Å². The molecular formula is C26H27N3O6S. The molecule has 9 nitrogen and oxygen atoms in total. The highest BCUT2D eigenvalue weighted by Gasteiger charge is 2.30. The van der Waals surface area contributed by atoms with Crippen LogP contribution < -0.4 is 9.04 Å². The third kappa shape index (κ3) is 5.89. The van der Waals surface area contributed by atoms with Gasteiger partial charge in [-0.25, -0.2) is 13.2 Å². The Bertz CT molecular complexity index is 1390. The molecule has 188 valence electrons.